The molecule has 1 aliphatic rings. The molecule has 0 radical (unpaired) electrons. The van der Waals surface area contributed by atoms with Gasteiger partial charge in [-0.15, -0.1) is 0 Å². The Morgan fingerprint density at radius 2 is 2.11 bits per heavy atom. The maximum atomic E-state index is 12.1. The van der Waals surface area contributed by atoms with Crippen molar-refractivity contribution in [1.82, 2.24) is 5.32 Å². The molecule has 0 spiro atoms. The normalized spacial score (nSPS) is 17.6. The molecule has 0 bridgehead atoms. The first kappa shape index (κ1) is 12.7. The number of phenolic OH excluding ortho intramolecular Hbond substituents is 1. The third-order valence-corrected chi connectivity index (χ3v) is 3.75. The quantitative estimate of drug-likeness (QED) is 0.567. The van der Waals surface area contributed by atoms with Gasteiger partial charge in [-0.1, -0.05) is 12.8 Å². The molecule has 4 heteroatoms. The van der Waals surface area contributed by atoms with Crippen LogP contribution in [0.2, 0.25) is 0 Å². The van der Waals surface area contributed by atoms with Crippen molar-refractivity contribution in [3.05, 3.63) is 23.8 Å². The number of anilines is 1. The summed E-state index contributed by atoms with van der Waals surface area (Å²) in [5, 5.41) is 12.4. The highest BCUT2D eigenvalue weighted by Crippen LogP contribution is 2.28. The van der Waals surface area contributed by atoms with E-state index >= 15 is 0 Å². The molecule has 0 saturated heterocycles. The highest BCUT2D eigenvalue weighted by molar-refractivity contribution is 5.99. The topological polar surface area (TPSA) is 75.3 Å². The lowest BCUT2D eigenvalue weighted by Gasteiger charge is -2.20. The Hall–Kier alpha value is -1.71. The molecule has 0 heterocycles. The second kappa shape index (κ2) is 5.29. The Bertz CT molecular complexity index is 439. The first-order valence-electron chi connectivity index (χ1n) is 6.47. The van der Waals surface area contributed by atoms with Gasteiger partial charge in [0.25, 0.3) is 5.91 Å². The monoisotopic (exact) mass is 248 g/mol. The van der Waals surface area contributed by atoms with Gasteiger partial charge in [-0.2, -0.15) is 0 Å². The number of benzene rings is 1. The molecule has 1 fully saturated rings. The lowest BCUT2D eigenvalue weighted by Crippen LogP contribution is -2.37. The maximum absolute atomic E-state index is 12.1. The standard InChI is InChI=1S/C14H20N2O2/c1-9(10-4-2-3-5-10)16-14(18)12-8-11(17)6-7-13(12)15/h6-10,17H,2-5,15H2,1H3,(H,16,18). The largest absolute Gasteiger partial charge is 0.508 e. The molecular formula is C14H20N2O2. The van der Waals surface area contributed by atoms with Gasteiger partial charge in [0.15, 0.2) is 0 Å². The fourth-order valence-corrected chi connectivity index (χ4v) is 2.60. The summed E-state index contributed by atoms with van der Waals surface area (Å²) in [5.74, 6) is 0.415. The summed E-state index contributed by atoms with van der Waals surface area (Å²) >= 11 is 0. The van der Waals surface area contributed by atoms with Crippen LogP contribution in [0.15, 0.2) is 18.2 Å². The Kier molecular flexibility index (Phi) is 3.75. The van der Waals surface area contributed by atoms with Crippen LogP contribution >= 0.6 is 0 Å². The van der Waals surface area contributed by atoms with Crippen molar-refractivity contribution in [1.29, 1.82) is 0 Å². The van der Waals surface area contributed by atoms with Crippen molar-refractivity contribution in [2.24, 2.45) is 5.92 Å². The van der Waals surface area contributed by atoms with Gasteiger partial charge >= 0.3 is 0 Å². The average Bonchev–Trinajstić information content (AvgIpc) is 2.85. The number of rotatable bonds is 3. The van der Waals surface area contributed by atoms with Crippen molar-refractivity contribution in [3.63, 3.8) is 0 Å². The molecule has 1 saturated carbocycles. The minimum Gasteiger partial charge on any atom is -0.508 e. The van der Waals surface area contributed by atoms with E-state index in [1.54, 1.807) is 6.07 Å². The summed E-state index contributed by atoms with van der Waals surface area (Å²) in [6, 6.07) is 4.59. The Morgan fingerprint density at radius 1 is 1.44 bits per heavy atom. The zero-order chi connectivity index (χ0) is 13.1. The van der Waals surface area contributed by atoms with Crippen LogP contribution in [0.1, 0.15) is 43.0 Å². The van der Waals surface area contributed by atoms with Crippen LogP contribution in [-0.4, -0.2) is 17.1 Å². The van der Waals surface area contributed by atoms with Crippen molar-refractivity contribution in [2.45, 2.75) is 38.6 Å². The van der Waals surface area contributed by atoms with Crippen LogP contribution in [0.4, 0.5) is 5.69 Å². The molecule has 2 rings (SSSR count). The number of aromatic hydroxyl groups is 1. The SMILES string of the molecule is CC(NC(=O)c1cc(O)ccc1N)C1CCCC1. The van der Waals surface area contributed by atoms with Crippen LogP contribution in [-0.2, 0) is 0 Å². The Labute approximate surface area is 107 Å². The fourth-order valence-electron chi connectivity index (χ4n) is 2.60. The minimum atomic E-state index is -0.206. The van der Waals surface area contributed by atoms with E-state index in [1.807, 2.05) is 6.92 Å². The van der Waals surface area contributed by atoms with Crippen LogP contribution in [0, 0.1) is 5.92 Å². The summed E-state index contributed by atoms with van der Waals surface area (Å²) in [6.45, 7) is 2.03. The molecule has 98 valence electrons. The maximum Gasteiger partial charge on any atom is 0.253 e. The van der Waals surface area contributed by atoms with Gasteiger partial charge in [0, 0.05) is 11.7 Å². The molecule has 1 unspecified atom stereocenters. The molecule has 1 aromatic rings. The van der Waals surface area contributed by atoms with Gasteiger partial charge in [-0.25, -0.2) is 0 Å². The zero-order valence-corrected chi connectivity index (χ0v) is 10.6. The molecule has 1 amide bonds. The molecule has 18 heavy (non-hydrogen) atoms. The molecular weight excluding hydrogens is 228 g/mol. The fraction of sp³-hybridized carbons (Fsp3) is 0.500. The van der Waals surface area contributed by atoms with Crippen molar-refractivity contribution < 1.29 is 9.90 Å². The number of carbonyl (C=O) groups excluding carboxylic acids is 1. The molecule has 1 aliphatic carbocycles. The third-order valence-electron chi connectivity index (χ3n) is 3.75. The predicted octanol–water partition coefficient (Wildman–Crippen LogP) is 2.28. The third kappa shape index (κ3) is 2.75. The zero-order valence-electron chi connectivity index (χ0n) is 10.6. The van der Waals surface area contributed by atoms with Gasteiger partial charge < -0.3 is 16.2 Å². The molecule has 0 aromatic heterocycles. The number of phenols is 1. The summed E-state index contributed by atoms with van der Waals surface area (Å²) in [7, 11) is 0. The van der Waals surface area contributed by atoms with Crippen molar-refractivity contribution in [2.75, 3.05) is 5.73 Å². The van der Waals surface area contributed by atoms with Gasteiger partial charge in [0.05, 0.1) is 5.56 Å². The first-order chi connectivity index (χ1) is 8.58. The first-order valence-corrected chi connectivity index (χ1v) is 6.47. The second-order valence-electron chi connectivity index (χ2n) is 5.08. The van der Waals surface area contributed by atoms with Crippen LogP contribution in [0.25, 0.3) is 0 Å². The van der Waals surface area contributed by atoms with E-state index in [0.29, 0.717) is 17.2 Å². The van der Waals surface area contributed by atoms with E-state index in [1.165, 1.54) is 37.8 Å². The van der Waals surface area contributed by atoms with Gasteiger partial charge in [-0.3, -0.25) is 4.79 Å². The van der Waals surface area contributed by atoms with Crippen LogP contribution in [0.5, 0.6) is 5.75 Å². The van der Waals surface area contributed by atoms with Gasteiger partial charge in [0.2, 0.25) is 0 Å². The highest BCUT2D eigenvalue weighted by Gasteiger charge is 2.23. The lowest BCUT2D eigenvalue weighted by atomic mass is 9.99. The summed E-state index contributed by atoms with van der Waals surface area (Å²) in [5.41, 5.74) is 6.49. The molecule has 0 aliphatic heterocycles. The average molecular weight is 248 g/mol. The van der Waals surface area contributed by atoms with E-state index in [9.17, 15) is 9.90 Å². The number of nitrogens with two attached hydrogens (primary N) is 1. The number of amides is 1. The minimum absolute atomic E-state index is 0.0582. The number of carbonyl (C=O) groups is 1. The van der Waals surface area contributed by atoms with Crippen LogP contribution in [0.3, 0.4) is 0 Å². The molecule has 4 nitrogen and oxygen atoms in total. The van der Waals surface area contributed by atoms with E-state index in [-0.39, 0.29) is 17.7 Å². The van der Waals surface area contributed by atoms with Crippen molar-refractivity contribution in [3.8, 4) is 5.75 Å². The molecule has 1 atom stereocenters. The van der Waals surface area contributed by atoms with Gasteiger partial charge in [-0.05, 0) is 43.9 Å². The lowest BCUT2D eigenvalue weighted by molar-refractivity contribution is 0.0927. The molecule has 4 N–H and O–H groups in total. The van der Waals surface area contributed by atoms with E-state index in [4.69, 9.17) is 5.73 Å². The summed E-state index contributed by atoms with van der Waals surface area (Å²) in [6.07, 6.45) is 4.85. The Morgan fingerprint density at radius 3 is 2.78 bits per heavy atom. The number of nitrogens with one attached hydrogen (secondary N) is 1. The van der Waals surface area contributed by atoms with E-state index in [2.05, 4.69) is 5.32 Å². The smallest absolute Gasteiger partial charge is 0.253 e. The molecule has 1 aromatic carbocycles. The Balaban J connectivity index is 2.04. The van der Waals surface area contributed by atoms with E-state index in [0.717, 1.165) is 0 Å². The number of nitrogen functional groups attached to an aromatic ring is 1. The number of hydrogen-bond acceptors (Lipinski definition) is 3. The van der Waals surface area contributed by atoms with Crippen molar-refractivity contribution >= 4 is 11.6 Å². The van der Waals surface area contributed by atoms with Crippen LogP contribution < -0.4 is 11.1 Å². The summed E-state index contributed by atoms with van der Waals surface area (Å²) < 4.78 is 0. The highest BCUT2D eigenvalue weighted by atomic mass is 16.3. The predicted molar refractivity (Wildman–Crippen MR) is 71.4 cm³/mol. The second-order valence-corrected chi connectivity index (χ2v) is 5.08. The number of hydrogen-bond donors (Lipinski definition) is 3. The summed E-state index contributed by atoms with van der Waals surface area (Å²) in [4.78, 5) is 12.1. The van der Waals surface area contributed by atoms with E-state index < -0.39 is 0 Å². The van der Waals surface area contributed by atoms with Gasteiger partial charge in [0.1, 0.15) is 5.75 Å².